The molecule has 0 aliphatic rings. The highest BCUT2D eigenvalue weighted by molar-refractivity contribution is 5.87. The number of nitrogens with zero attached hydrogens (tertiary/aromatic N) is 4. The highest BCUT2D eigenvalue weighted by Gasteiger charge is 2.14. The van der Waals surface area contributed by atoms with Crippen LogP contribution in [0.3, 0.4) is 0 Å². The molecule has 2 aromatic rings. The van der Waals surface area contributed by atoms with Crippen molar-refractivity contribution in [2.24, 2.45) is 0 Å². The lowest BCUT2D eigenvalue weighted by molar-refractivity contribution is 0.0594. The van der Waals surface area contributed by atoms with Crippen LogP contribution >= 0.6 is 0 Å². The van der Waals surface area contributed by atoms with E-state index in [9.17, 15) is 4.79 Å². The molecule has 0 aliphatic heterocycles. The molecule has 2 rings (SSSR count). The summed E-state index contributed by atoms with van der Waals surface area (Å²) in [7, 11) is 5.24. The monoisotopic (exact) mass is 316 g/mol. The SMILES string of the molecule is CCOc1cnc(CN(C)C)c(-c2ccc(C(=O)OC)nc2)n1. The van der Waals surface area contributed by atoms with E-state index in [-0.39, 0.29) is 5.69 Å². The fourth-order valence-corrected chi connectivity index (χ4v) is 2.02. The molecule has 0 fully saturated rings. The van der Waals surface area contributed by atoms with Crippen molar-refractivity contribution < 1.29 is 14.3 Å². The fraction of sp³-hybridized carbons (Fsp3) is 0.375. The van der Waals surface area contributed by atoms with Crippen molar-refractivity contribution in [1.82, 2.24) is 19.9 Å². The third-order valence-corrected chi connectivity index (χ3v) is 3.02. The van der Waals surface area contributed by atoms with Crippen molar-refractivity contribution in [1.29, 1.82) is 0 Å². The summed E-state index contributed by atoms with van der Waals surface area (Å²) in [5, 5.41) is 0. The number of methoxy groups -OCH3 is 1. The van der Waals surface area contributed by atoms with Crippen molar-refractivity contribution in [2.45, 2.75) is 13.5 Å². The van der Waals surface area contributed by atoms with E-state index in [2.05, 4.69) is 19.7 Å². The van der Waals surface area contributed by atoms with E-state index in [1.165, 1.54) is 7.11 Å². The van der Waals surface area contributed by atoms with E-state index in [0.29, 0.717) is 24.7 Å². The minimum Gasteiger partial charge on any atom is -0.477 e. The first-order valence-corrected chi connectivity index (χ1v) is 7.23. The van der Waals surface area contributed by atoms with Gasteiger partial charge >= 0.3 is 5.97 Å². The molecule has 0 N–H and O–H groups in total. The number of ether oxygens (including phenoxy) is 2. The lowest BCUT2D eigenvalue weighted by Crippen LogP contribution is -2.14. The number of carbonyl (C=O) groups is 1. The smallest absolute Gasteiger partial charge is 0.356 e. The Bertz CT molecular complexity index is 672. The zero-order valence-corrected chi connectivity index (χ0v) is 13.7. The molecule has 0 atom stereocenters. The maximum atomic E-state index is 11.5. The van der Waals surface area contributed by atoms with Crippen LogP contribution in [0.15, 0.2) is 24.5 Å². The summed E-state index contributed by atoms with van der Waals surface area (Å²) in [6.45, 7) is 3.04. The summed E-state index contributed by atoms with van der Waals surface area (Å²) in [5.74, 6) is -0.0127. The normalized spacial score (nSPS) is 10.7. The molecule has 0 aliphatic carbocycles. The third kappa shape index (κ3) is 4.23. The van der Waals surface area contributed by atoms with E-state index < -0.39 is 5.97 Å². The van der Waals surface area contributed by atoms with Crippen molar-refractivity contribution in [3.63, 3.8) is 0 Å². The molecule has 122 valence electrons. The van der Waals surface area contributed by atoms with Crippen LogP contribution in [0.25, 0.3) is 11.3 Å². The highest BCUT2D eigenvalue weighted by atomic mass is 16.5. The van der Waals surface area contributed by atoms with Crippen LogP contribution in [-0.4, -0.2) is 53.6 Å². The molecule has 0 radical (unpaired) electrons. The Hall–Kier alpha value is -2.54. The lowest BCUT2D eigenvalue weighted by Gasteiger charge is -2.14. The predicted octanol–water partition coefficient (Wildman–Crippen LogP) is 1.79. The summed E-state index contributed by atoms with van der Waals surface area (Å²) in [6, 6.07) is 3.38. The number of hydrogen-bond donors (Lipinski definition) is 0. The van der Waals surface area contributed by atoms with Gasteiger partial charge in [-0.05, 0) is 33.2 Å². The topological polar surface area (TPSA) is 77.4 Å². The molecule has 7 nitrogen and oxygen atoms in total. The highest BCUT2D eigenvalue weighted by Crippen LogP contribution is 2.23. The van der Waals surface area contributed by atoms with Gasteiger partial charge in [0, 0.05) is 18.3 Å². The number of aromatic nitrogens is 3. The number of rotatable bonds is 6. The van der Waals surface area contributed by atoms with Gasteiger partial charge in [-0.15, -0.1) is 0 Å². The largest absolute Gasteiger partial charge is 0.477 e. The van der Waals surface area contributed by atoms with Gasteiger partial charge in [0.25, 0.3) is 0 Å². The van der Waals surface area contributed by atoms with E-state index in [1.807, 2.05) is 25.9 Å². The zero-order chi connectivity index (χ0) is 16.8. The van der Waals surface area contributed by atoms with Crippen LogP contribution in [0, 0.1) is 0 Å². The number of hydrogen-bond acceptors (Lipinski definition) is 7. The quantitative estimate of drug-likeness (QED) is 0.752. The standard InChI is InChI=1S/C16H20N4O3/c1-5-23-14-9-18-13(10-20(2)3)15(19-14)11-6-7-12(17-8-11)16(21)22-4/h6-9H,5,10H2,1-4H3. The molecule has 2 heterocycles. The summed E-state index contributed by atoms with van der Waals surface area (Å²) < 4.78 is 10.1. The van der Waals surface area contributed by atoms with Gasteiger partial charge in [-0.25, -0.2) is 14.8 Å². The predicted molar refractivity (Wildman–Crippen MR) is 85.2 cm³/mol. The number of carbonyl (C=O) groups excluding carboxylic acids is 1. The Labute approximate surface area is 135 Å². The molecular formula is C16H20N4O3. The zero-order valence-electron chi connectivity index (χ0n) is 13.7. The van der Waals surface area contributed by atoms with Crippen molar-refractivity contribution in [3.05, 3.63) is 35.9 Å². The molecular weight excluding hydrogens is 296 g/mol. The molecule has 0 bridgehead atoms. The van der Waals surface area contributed by atoms with Gasteiger partial charge in [-0.2, -0.15) is 0 Å². The van der Waals surface area contributed by atoms with Crippen molar-refractivity contribution in [3.8, 4) is 17.1 Å². The maximum absolute atomic E-state index is 11.5. The van der Waals surface area contributed by atoms with Crippen LogP contribution in [0.1, 0.15) is 23.1 Å². The minimum atomic E-state index is -0.473. The second-order valence-corrected chi connectivity index (χ2v) is 5.10. The molecule has 0 saturated heterocycles. The van der Waals surface area contributed by atoms with Gasteiger partial charge < -0.3 is 14.4 Å². The lowest BCUT2D eigenvalue weighted by atomic mass is 10.1. The maximum Gasteiger partial charge on any atom is 0.356 e. The second kappa shape index (κ2) is 7.64. The molecule has 0 saturated carbocycles. The van der Waals surface area contributed by atoms with E-state index in [1.54, 1.807) is 24.5 Å². The number of esters is 1. The van der Waals surface area contributed by atoms with Gasteiger partial charge in [-0.1, -0.05) is 0 Å². The van der Waals surface area contributed by atoms with Crippen molar-refractivity contribution >= 4 is 5.97 Å². The average Bonchev–Trinajstić information content (AvgIpc) is 2.55. The Morgan fingerprint density at radius 3 is 2.57 bits per heavy atom. The molecule has 7 heteroatoms. The minimum absolute atomic E-state index is 0.249. The van der Waals surface area contributed by atoms with Crippen LogP contribution in [0.4, 0.5) is 0 Å². The van der Waals surface area contributed by atoms with Crippen LogP contribution in [-0.2, 0) is 11.3 Å². The van der Waals surface area contributed by atoms with Gasteiger partial charge in [0.05, 0.1) is 31.3 Å². The van der Waals surface area contributed by atoms with Crippen LogP contribution in [0.5, 0.6) is 5.88 Å². The summed E-state index contributed by atoms with van der Waals surface area (Å²) in [6.07, 6.45) is 3.20. The molecule has 0 aromatic carbocycles. The van der Waals surface area contributed by atoms with Gasteiger partial charge in [0.1, 0.15) is 5.69 Å². The summed E-state index contributed by atoms with van der Waals surface area (Å²) >= 11 is 0. The Kier molecular flexibility index (Phi) is 5.59. The Balaban J connectivity index is 2.41. The first-order valence-electron chi connectivity index (χ1n) is 7.23. The second-order valence-electron chi connectivity index (χ2n) is 5.10. The fourth-order valence-electron chi connectivity index (χ4n) is 2.02. The Morgan fingerprint density at radius 1 is 1.22 bits per heavy atom. The van der Waals surface area contributed by atoms with Crippen LogP contribution < -0.4 is 4.74 Å². The summed E-state index contributed by atoms with van der Waals surface area (Å²) in [5.41, 5.74) is 2.52. The van der Waals surface area contributed by atoms with Gasteiger partial charge in [0.15, 0.2) is 0 Å². The molecule has 0 amide bonds. The van der Waals surface area contributed by atoms with E-state index in [4.69, 9.17) is 4.74 Å². The molecule has 23 heavy (non-hydrogen) atoms. The van der Waals surface area contributed by atoms with Gasteiger partial charge in [-0.3, -0.25) is 4.98 Å². The average molecular weight is 316 g/mol. The number of pyridine rings is 1. The molecule has 0 spiro atoms. The van der Waals surface area contributed by atoms with Gasteiger partial charge in [0.2, 0.25) is 5.88 Å². The van der Waals surface area contributed by atoms with Crippen molar-refractivity contribution in [2.75, 3.05) is 27.8 Å². The Morgan fingerprint density at radius 2 is 2.00 bits per heavy atom. The van der Waals surface area contributed by atoms with E-state index in [0.717, 1.165) is 11.3 Å². The molecule has 2 aromatic heterocycles. The first kappa shape index (κ1) is 16.8. The molecule has 0 unspecified atom stereocenters. The van der Waals surface area contributed by atoms with Crippen LogP contribution in [0.2, 0.25) is 0 Å². The summed E-state index contributed by atoms with van der Waals surface area (Å²) in [4.78, 5) is 26.6. The third-order valence-electron chi connectivity index (χ3n) is 3.02. The van der Waals surface area contributed by atoms with E-state index >= 15 is 0 Å². The first-order chi connectivity index (χ1) is 11.0.